The van der Waals surface area contributed by atoms with E-state index < -0.39 is 0 Å². The zero-order valence-electron chi connectivity index (χ0n) is 15.9. The Morgan fingerprint density at radius 3 is 1.57 bits per heavy atom. The number of hydrogen-bond acceptors (Lipinski definition) is 3. The molecule has 23 heavy (non-hydrogen) atoms. The lowest BCUT2D eigenvalue weighted by Crippen LogP contribution is -2.16. The summed E-state index contributed by atoms with van der Waals surface area (Å²) in [5, 5.41) is 7.29. The first-order valence-corrected chi connectivity index (χ1v) is 9.80. The van der Waals surface area contributed by atoms with E-state index in [1.807, 2.05) is 7.05 Å². The molecule has 0 atom stereocenters. The number of nitrogens with one attached hydrogen (secondary N) is 1. The predicted octanol–water partition coefficient (Wildman–Crippen LogP) is 5.11. The van der Waals surface area contributed by atoms with Crippen LogP contribution in [0.5, 0.6) is 0 Å². The fourth-order valence-corrected chi connectivity index (χ4v) is 2.45. The molecule has 0 spiro atoms. The van der Waals surface area contributed by atoms with Crippen LogP contribution in [-0.2, 0) is 7.05 Å². The van der Waals surface area contributed by atoms with E-state index in [0.717, 1.165) is 0 Å². The number of hydrogen-bond donors (Lipinski definition) is 1. The zero-order chi connectivity index (χ0) is 17.0. The van der Waals surface area contributed by atoms with Crippen LogP contribution in [0.1, 0.15) is 90.9 Å². The summed E-state index contributed by atoms with van der Waals surface area (Å²) in [6.45, 7) is 7.03. The highest BCUT2D eigenvalue weighted by Gasteiger charge is 1.92. The first-order valence-electron chi connectivity index (χ1n) is 9.80. The van der Waals surface area contributed by atoms with E-state index >= 15 is 0 Å². The molecule has 1 N–H and O–H groups in total. The molecule has 0 bridgehead atoms. The van der Waals surface area contributed by atoms with Crippen LogP contribution in [0.15, 0.2) is 12.7 Å². The Morgan fingerprint density at radius 2 is 1.22 bits per heavy atom. The highest BCUT2D eigenvalue weighted by atomic mass is 15.3. The van der Waals surface area contributed by atoms with E-state index in [1.54, 1.807) is 11.0 Å². The number of aryl methyl sites for hydroxylation is 1. The van der Waals surface area contributed by atoms with Crippen molar-refractivity contribution in [3.63, 3.8) is 0 Å². The summed E-state index contributed by atoms with van der Waals surface area (Å²) in [6, 6.07) is 0. The molecule has 0 fully saturated rings. The standard InChI is InChI=1S/C16H35N.C3H5N3/c1-3-5-7-9-11-13-15-17-16-14-12-10-8-6-4-2;1-6-3-4-2-5-6/h17H,3-16H2,1-2H3;2-3H,1H3. The lowest BCUT2D eigenvalue weighted by molar-refractivity contribution is 0.543. The van der Waals surface area contributed by atoms with Crippen LogP contribution in [0.4, 0.5) is 0 Å². The lowest BCUT2D eigenvalue weighted by Gasteiger charge is -2.04. The van der Waals surface area contributed by atoms with Crippen LogP contribution in [0, 0.1) is 0 Å². The van der Waals surface area contributed by atoms with Gasteiger partial charge in [-0.15, -0.1) is 0 Å². The number of unbranched alkanes of at least 4 members (excludes halogenated alkanes) is 10. The monoisotopic (exact) mass is 324 g/mol. The van der Waals surface area contributed by atoms with Crippen molar-refractivity contribution in [1.82, 2.24) is 20.1 Å². The van der Waals surface area contributed by atoms with E-state index in [0.29, 0.717) is 0 Å². The molecule has 0 aliphatic rings. The fourth-order valence-electron chi connectivity index (χ4n) is 2.45. The second-order valence-corrected chi connectivity index (χ2v) is 6.35. The Balaban J connectivity index is 0.000000664. The van der Waals surface area contributed by atoms with Gasteiger partial charge in [-0.1, -0.05) is 78.1 Å². The van der Waals surface area contributed by atoms with Gasteiger partial charge in [0.1, 0.15) is 12.7 Å². The van der Waals surface area contributed by atoms with Crippen molar-refractivity contribution in [2.24, 2.45) is 7.05 Å². The molecule has 4 nitrogen and oxygen atoms in total. The molecule has 0 saturated carbocycles. The summed E-state index contributed by atoms with van der Waals surface area (Å²) in [6.07, 6.45) is 20.0. The van der Waals surface area contributed by atoms with Crippen molar-refractivity contribution >= 4 is 0 Å². The van der Waals surface area contributed by atoms with Gasteiger partial charge in [-0.25, -0.2) is 4.98 Å². The smallest absolute Gasteiger partial charge is 0.137 e. The topological polar surface area (TPSA) is 42.7 Å². The zero-order valence-corrected chi connectivity index (χ0v) is 15.9. The molecule has 4 heteroatoms. The van der Waals surface area contributed by atoms with Gasteiger partial charge < -0.3 is 5.32 Å². The van der Waals surface area contributed by atoms with Crippen LogP contribution < -0.4 is 5.32 Å². The average Bonchev–Trinajstić information content (AvgIpc) is 3.03. The van der Waals surface area contributed by atoms with Gasteiger partial charge in [-0.05, 0) is 25.9 Å². The molecule has 0 saturated heterocycles. The molecule has 1 aromatic heterocycles. The van der Waals surface area contributed by atoms with Crippen molar-refractivity contribution in [2.75, 3.05) is 13.1 Å². The molecule has 1 aromatic rings. The van der Waals surface area contributed by atoms with Crippen molar-refractivity contribution in [3.05, 3.63) is 12.7 Å². The van der Waals surface area contributed by atoms with E-state index in [-0.39, 0.29) is 0 Å². The van der Waals surface area contributed by atoms with Gasteiger partial charge in [0, 0.05) is 7.05 Å². The van der Waals surface area contributed by atoms with Crippen molar-refractivity contribution < 1.29 is 0 Å². The van der Waals surface area contributed by atoms with E-state index in [4.69, 9.17) is 0 Å². The Labute approximate surface area is 144 Å². The highest BCUT2D eigenvalue weighted by Crippen LogP contribution is 2.05. The van der Waals surface area contributed by atoms with Crippen molar-refractivity contribution in [3.8, 4) is 0 Å². The maximum atomic E-state index is 3.72. The quantitative estimate of drug-likeness (QED) is 0.483. The summed E-state index contributed by atoms with van der Waals surface area (Å²) in [7, 11) is 1.83. The van der Waals surface area contributed by atoms with Gasteiger partial charge in [0.25, 0.3) is 0 Å². The molecular weight excluding hydrogens is 284 g/mol. The van der Waals surface area contributed by atoms with Crippen molar-refractivity contribution in [2.45, 2.75) is 90.9 Å². The third-order valence-corrected chi connectivity index (χ3v) is 3.95. The summed E-state index contributed by atoms with van der Waals surface area (Å²) in [5.41, 5.74) is 0. The third kappa shape index (κ3) is 19.1. The van der Waals surface area contributed by atoms with Crippen LogP contribution in [0.25, 0.3) is 0 Å². The van der Waals surface area contributed by atoms with Gasteiger partial charge >= 0.3 is 0 Å². The maximum absolute atomic E-state index is 3.72. The number of aromatic nitrogens is 3. The summed E-state index contributed by atoms with van der Waals surface area (Å²) >= 11 is 0. The number of rotatable bonds is 14. The molecule has 0 unspecified atom stereocenters. The molecular formula is C19H40N4. The summed E-state index contributed by atoms with van der Waals surface area (Å²) in [4.78, 5) is 3.67. The second kappa shape index (κ2) is 19.1. The molecule has 0 radical (unpaired) electrons. The molecule has 0 aliphatic heterocycles. The van der Waals surface area contributed by atoms with E-state index in [9.17, 15) is 0 Å². The summed E-state index contributed by atoms with van der Waals surface area (Å²) in [5.74, 6) is 0. The molecule has 0 aliphatic carbocycles. The minimum atomic E-state index is 1.24. The molecule has 0 aromatic carbocycles. The van der Waals surface area contributed by atoms with E-state index in [2.05, 4.69) is 29.2 Å². The van der Waals surface area contributed by atoms with Gasteiger partial charge in [0.2, 0.25) is 0 Å². The second-order valence-electron chi connectivity index (χ2n) is 6.35. The SMILES string of the molecule is CCCCCCCCNCCCCCCCC.Cn1cncn1. The van der Waals surface area contributed by atoms with Crippen LogP contribution in [-0.4, -0.2) is 27.9 Å². The van der Waals surface area contributed by atoms with Gasteiger partial charge in [-0.2, -0.15) is 5.10 Å². The van der Waals surface area contributed by atoms with Crippen LogP contribution in [0.3, 0.4) is 0 Å². The molecule has 1 heterocycles. The third-order valence-electron chi connectivity index (χ3n) is 3.95. The van der Waals surface area contributed by atoms with E-state index in [1.165, 1.54) is 96.5 Å². The molecule has 136 valence electrons. The van der Waals surface area contributed by atoms with Gasteiger partial charge in [-0.3, -0.25) is 4.68 Å². The Bertz CT molecular complexity index is 284. The average molecular weight is 325 g/mol. The molecule has 0 amide bonds. The normalized spacial score (nSPS) is 10.4. The van der Waals surface area contributed by atoms with Gasteiger partial charge in [0.05, 0.1) is 0 Å². The Morgan fingerprint density at radius 1 is 0.739 bits per heavy atom. The van der Waals surface area contributed by atoms with Crippen LogP contribution in [0.2, 0.25) is 0 Å². The van der Waals surface area contributed by atoms with Gasteiger partial charge in [0.15, 0.2) is 0 Å². The first-order chi connectivity index (χ1) is 11.3. The summed E-state index contributed by atoms with van der Waals surface area (Å²) < 4.78 is 1.64. The van der Waals surface area contributed by atoms with Crippen LogP contribution >= 0.6 is 0 Å². The largest absolute Gasteiger partial charge is 0.317 e. The lowest BCUT2D eigenvalue weighted by atomic mass is 10.1. The maximum Gasteiger partial charge on any atom is 0.137 e. The number of nitrogens with zero attached hydrogens (tertiary/aromatic N) is 3. The first kappa shape index (κ1) is 22.1. The fraction of sp³-hybridized carbons (Fsp3) is 0.895. The highest BCUT2D eigenvalue weighted by molar-refractivity contribution is 4.51. The molecule has 1 rings (SSSR count). The Kier molecular flexibility index (Phi) is 18.4. The van der Waals surface area contributed by atoms with Crippen molar-refractivity contribution in [1.29, 1.82) is 0 Å². The minimum Gasteiger partial charge on any atom is -0.317 e. The minimum absolute atomic E-state index is 1.24. The Hall–Kier alpha value is -0.900. The predicted molar refractivity (Wildman–Crippen MR) is 101 cm³/mol.